The second kappa shape index (κ2) is 7.24. The lowest BCUT2D eigenvalue weighted by atomic mass is 9.92. The molecule has 0 radical (unpaired) electrons. The molecule has 1 atom stereocenters. The van der Waals surface area contributed by atoms with Gasteiger partial charge < -0.3 is 14.9 Å². The number of carbonyl (C=O) groups is 1. The molecular formula is C15H23BrN2O3. The fourth-order valence-electron chi connectivity index (χ4n) is 1.80. The smallest absolute Gasteiger partial charge is 0.408 e. The molecule has 1 unspecified atom stereocenters. The van der Waals surface area contributed by atoms with Crippen molar-refractivity contribution >= 4 is 22.0 Å². The van der Waals surface area contributed by atoms with Crippen LogP contribution < -0.4 is 10.8 Å². The molecule has 0 fully saturated rings. The van der Waals surface area contributed by atoms with Crippen LogP contribution in [0.4, 0.5) is 4.79 Å². The van der Waals surface area contributed by atoms with Gasteiger partial charge >= 0.3 is 6.09 Å². The van der Waals surface area contributed by atoms with E-state index >= 15 is 0 Å². The van der Waals surface area contributed by atoms with Crippen LogP contribution in [0.25, 0.3) is 0 Å². The normalized spacial score (nSPS) is 14.4. The van der Waals surface area contributed by atoms with E-state index in [2.05, 4.69) is 26.7 Å². The zero-order valence-electron chi connectivity index (χ0n) is 13.1. The number of hydroxylamine groups is 1. The Morgan fingerprint density at radius 1 is 1.29 bits per heavy atom. The Kier molecular flexibility index (Phi) is 6.19. The van der Waals surface area contributed by atoms with E-state index in [1.807, 2.05) is 52.0 Å². The maximum absolute atomic E-state index is 12.1. The minimum Gasteiger partial charge on any atom is -0.444 e. The van der Waals surface area contributed by atoms with Gasteiger partial charge in [-0.2, -0.15) is 0 Å². The highest BCUT2D eigenvalue weighted by Gasteiger charge is 2.31. The standard InChI is InChI=1S/C15H23BrN2O3/c1-14(2,3)21-13(19)18-15(4,10-17-20-5)11-7-6-8-12(16)9-11/h6-9,17H,10H2,1-5H3,(H,18,19). The predicted octanol–water partition coefficient (Wildman–Crippen LogP) is 3.34. The Labute approximate surface area is 134 Å². The third-order valence-corrected chi connectivity index (χ3v) is 3.30. The van der Waals surface area contributed by atoms with Gasteiger partial charge in [0.15, 0.2) is 0 Å². The van der Waals surface area contributed by atoms with E-state index in [-0.39, 0.29) is 0 Å². The topological polar surface area (TPSA) is 59.6 Å². The molecule has 0 saturated carbocycles. The van der Waals surface area contributed by atoms with Crippen LogP contribution in [-0.2, 0) is 15.1 Å². The quantitative estimate of drug-likeness (QED) is 0.792. The van der Waals surface area contributed by atoms with Gasteiger partial charge in [0.25, 0.3) is 0 Å². The number of halogens is 1. The molecule has 1 aromatic rings. The molecule has 1 aromatic carbocycles. The van der Waals surface area contributed by atoms with Crippen molar-refractivity contribution in [2.45, 2.75) is 38.8 Å². The second-order valence-corrected chi connectivity index (χ2v) is 6.91. The number of rotatable bonds is 5. The monoisotopic (exact) mass is 358 g/mol. The highest BCUT2D eigenvalue weighted by Crippen LogP contribution is 2.24. The summed E-state index contributed by atoms with van der Waals surface area (Å²) in [6.07, 6.45) is -0.470. The largest absolute Gasteiger partial charge is 0.444 e. The Hall–Kier alpha value is -1.11. The predicted molar refractivity (Wildman–Crippen MR) is 85.9 cm³/mol. The molecule has 5 nitrogen and oxygen atoms in total. The maximum atomic E-state index is 12.1. The first kappa shape index (κ1) is 17.9. The molecule has 118 valence electrons. The molecular weight excluding hydrogens is 336 g/mol. The fourth-order valence-corrected chi connectivity index (χ4v) is 2.19. The van der Waals surface area contributed by atoms with Crippen LogP contribution in [0.3, 0.4) is 0 Å². The molecule has 0 aliphatic heterocycles. The average Bonchev–Trinajstić information content (AvgIpc) is 2.34. The summed E-state index contributed by atoms with van der Waals surface area (Å²) in [7, 11) is 1.54. The summed E-state index contributed by atoms with van der Waals surface area (Å²) in [5.41, 5.74) is 2.52. The number of carbonyl (C=O) groups excluding carboxylic acids is 1. The van der Waals surface area contributed by atoms with Gasteiger partial charge in [-0.1, -0.05) is 28.1 Å². The van der Waals surface area contributed by atoms with Gasteiger partial charge in [0.1, 0.15) is 5.60 Å². The number of amides is 1. The summed E-state index contributed by atoms with van der Waals surface area (Å²) in [6.45, 7) is 7.80. The lowest BCUT2D eigenvalue weighted by Gasteiger charge is -2.32. The van der Waals surface area contributed by atoms with Crippen molar-refractivity contribution in [2.24, 2.45) is 0 Å². The number of hydrogen-bond donors (Lipinski definition) is 2. The van der Waals surface area contributed by atoms with E-state index in [1.54, 1.807) is 0 Å². The van der Waals surface area contributed by atoms with Crippen molar-refractivity contribution in [3.05, 3.63) is 34.3 Å². The summed E-state index contributed by atoms with van der Waals surface area (Å²) < 4.78 is 6.27. The Balaban J connectivity index is 2.96. The Morgan fingerprint density at radius 2 is 1.95 bits per heavy atom. The number of ether oxygens (including phenoxy) is 1. The summed E-state index contributed by atoms with van der Waals surface area (Å²) >= 11 is 3.44. The van der Waals surface area contributed by atoms with E-state index < -0.39 is 17.2 Å². The van der Waals surface area contributed by atoms with Crippen molar-refractivity contribution in [1.82, 2.24) is 10.8 Å². The SMILES string of the molecule is CONCC(C)(NC(=O)OC(C)(C)C)c1cccc(Br)c1. The van der Waals surface area contributed by atoms with E-state index in [9.17, 15) is 4.79 Å². The van der Waals surface area contributed by atoms with Crippen molar-refractivity contribution in [3.8, 4) is 0 Å². The van der Waals surface area contributed by atoms with Crippen LogP contribution in [0.2, 0.25) is 0 Å². The third-order valence-electron chi connectivity index (χ3n) is 2.81. The molecule has 0 bridgehead atoms. The highest BCUT2D eigenvalue weighted by molar-refractivity contribution is 9.10. The first-order valence-corrected chi connectivity index (χ1v) is 7.49. The van der Waals surface area contributed by atoms with E-state index in [1.165, 1.54) is 7.11 Å². The lowest BCUT2D eigenvalue weighted by molar-refractivity contribution is 0.0371. The van der Waals surface area contributed by atoms with Crippen LogP contribution in [0.5, 0.6) is 0 Å². The van der Waals surface area contributed by atoms with E-state index in [0.29, 0.717) is 6.54 Å². The van der Waals surface area contributed by atoms with Crippen molar-refractivity contribution in [1.29, 1.82) is 0 Å². The van der Waals surface area contributed by atoms with E-state index in [4.69, 9.17) is 9.57 Å². The van der Waals surface area contributed by atoms with Gasteiger partial charge in [-0.3, -0.25) is 0 Å². The van der Waals surface area contributed by atoms with Gasteiger partial charge in [-0.05, 0) is 45.4 Å². The lowest BCUT2D eigenvalue weighted by Crippen LogP contribution is -2.51. The van der Waals surface area contributed by atoms with Crippen LogP contribution in [0, 0.1) is 0 Å². The van der Waals surface area contributed by atoms with Crippen molar-refractivity contribution in [3.63, 3.8) is 0 Å². The molecule has 0 aliphatic rings. The molecule has 2 N–H and O–H groups in total. The first-order chi connectivity index (χ1) is 9.66. The zero-order valence-corrected chi connectivity index (χ0v) is 14.7. The summed E-state index contributed by atoms with van der Waals surface area (Å²) in [4.78, 5) is 17.0. The van der Waals surface area contributed by atoms with Crippen molar-refractivity contribution in [2.75, 3.05) is 13.7 Å². The van der Waals surface area contributed by atoms with Gasteiger partial charge in [-0.15, -0.1) is 0 Å². The maximum Gasteiger partial charge on any atom is 0.408 e. The molecule has 0 aliphatic carbocycles. The van der Waals surface area contributed by atoms with Crippen LogP contribution in [0.1, 0.15) is 33.3 Å². The van der Waals surface area contributed by atoms with Gasteiger partial charge in [0, 0.05) is 11.0 Å². The molecule has 21 heavy (non-hydrogen) atoms. The summed E-state index contributed by atoms with van der Waals surface area (Å²) in [5, 5.41) is 2.90. The van der Waals surface area contributed by atoms with Crippen LogP contribution in [0.15, 0.2) is 28.7 Å². The van der Waals surface area contributed by atoms with Gasteiger partial charge in [0.05, 0.1) is 12.6 Å². The highest BCUT2D eigenvalue weighted by atomic mass is 79.9. The minimum atomic E-state index is -0.665. The van der Waals surface area contributed by atoms with E-state index in [0.717, 1.165) is 10.0 Å². The molecule has 1 amide bonds. The average molecular weight is 359 g/mol. The zero-order chi connectivity index (χ0) is 16.1. The minimum absolute atomic E-state index is 0.402. The van der Waals surface area contributed by atoms with Gasteiger partial charge in [-0.25, -0.2) is 10.3 Å². The summed E-state index contributed by atoms with van der Waals surface area (Å²) in [6, 6.07) is 7.75. The Morgan fingerprint density at radius 3 is 2.48 bits per heavy atom. The summed E-state index contributed by atoms with van der Waals surface area (Å²) in [5.74, 6) is 0. The molecule has 0 heterocycles. The molecule has 0 aromatic heterocycles. The van der Waals surface area contributed by atoms with Crippen LogP contribution in [-0.4, -0.2) is 25.3 Å². The number of benzene rings is 1. The number of hydrogen-bond acceptors (Lipinski definition) is 4. The number of nitrogens with one attached hydrogen (secondary N) is 2. The second-order valence-electron chi connectivity index (χ2n) is 5.99. The molecule has 1 rings (SSSR count). The Bertz CT molecular complexity index is 488. The van der Waals surface area contributed by atoms with Crippen molar-refractivity contribution < 1.29 is 14.4 Å². The fraction of sp³-hybridized carbons (Fsp3) is 0.533. The van der Waals surface area contributed by atoms with Gasteiger partial charge in [0.2, 0.25) is 0 Å². The molecule has 6 heteroatoms. The molecule has 0 saturated heterocycles. The third kappa shape index (κ3) is 6.03. The number of alkyl carbamates (subject to hydrolysis) is 1. The molecule has 0 spiro atoms. The first-order valence-electron chi connectivity index (χ1n) is 6.69. The van der Waals surface area contributed by atoms with Crippen LogP contribution >= 0.6 is 15.9 Å².